The maximum absolute atomic E-state index is 11.0. The first kappa shape index (κ1) is 14.1. The number of unbranched alkanes of at least 4 members (excludes halogenated alkanes) is 4. The van der Waals surface area contributed by atoms with Crippen molar-refractivity contribution in [1.82, 2.24) is 0 Å². The molecule has 88 valence electrons. The second-order valence-corrected chi connectivity index (χ2v) is 3.63. The quantitative estimate of drug-likeness (QED) is 0.400. The van der Waals surface area contributed by atoms with E-state index in [0.29, 0.717) is 0 Å². The van der Waals surface area contributed by atoms with Crippen molar-refractivity contribution in [2.75, 3.05) is 0 Å². The van der Waals surface area contributed by atoms with Crippen LogP contribution in [0.15, 0.2) is 0 Å². The minimum absolute atomic E-state index is 0.252. The Morgan fingerprint density at radius 3 is 2.33 bits per heavy atom. The van der Waals surface area contributed by atoms with Crippen LogP contribution in [-0.4, -0.2) is 23.1 Å². The Bertz CT molecular complexity index is 199. The highest BCUT2D eigenvalue weighted by Crippen LogP contribution is 2.06. The van der Waals surface area contributed by atoms with E-state index in [1.54, 1.807) is 0 Å². The lowest BCUT2D eigenvalue weighted by atomic mass is 10.1. The first-order chi connectivity index (χ1) is 7.07. The van der Waals surface area contributed by atoms with Crippen molar-refractivity contribution in [3.63, 3.8) is 0 Å². The van der Waals surface area contributed by atoms with Gasteiger partial charge in [-0.3, -0.25) is 4.79 Å². The lowest BCUT2D eigenvalue weighted by molar-refractivity contribution is -0.165. The molecule has 0 bridgehead atoms. The van der Waals surface area contributed by atoms with Crippen molar-refractivity contribution in [2.24, 2.45) is 0 Å². The molecule has 0 radical (unpaired) electrons. The molecular weight excluding hydrogens is 196 g/mol. The zero-order valence-electron chi connectivity index (χ0n) is 9.49. The second-order valence-electron chi connectivity index (χ2n) is 3.63. The van der Waals surface area contributed by atoms with Crippen molar-refractivity contribution < 1.29 is 19.4 Å². The lowest BCUT2D eigenvalue weighted by Crippen LogP contribution is -2.22. The van der Waals surface area contributed by atoms with Gasteiger partial charge in [-0.05, 0) is 13.3 Å². The average molecular weight is 216 g/mol. The number of rotatable bonds is 7. The maximum Gasteiger partial charge on any atom is 0.342 e. The molecule has 0 saturated carbocycles. The third kappa shape index (κ3) is 8.12. The van der Waals surface area contributed by atoms with E-state index >= 15 is 0 Å². The molecule has 0 amide bonds. The fraction of sp³-hybridized carbons (Fsp3) is 0.818. The molecular formula is C11H20O4. The molecule has 0 heterocycles. The molecule has 0 rings (SSSR count). The summed E-state index contributed by atoms with van der Waals surface area (Å²) in [7, 11) is 0. The van der Waals surface area contributed by atoms with Gasteiger partial charge in [0, 0.05) is 6.42 Å². The molecule has 0 fully saturated rings. The third-order valence-corrected chi connectivity index (χ3v) is 2.04. The van der Waals surface area contributed by atoms with Crippen LogP contribution in [0.5, 0.6) is 0 Å². The van der Waals surface area contributed by atoms with Gasteiger partial charge in [-0.2, -0.15) is 0 Å². The SMILES string of the molecule is CCCCCCCC(=O)OC(=O)[C@H](C)O. The first-order valence-corrected chi connectivity index (χ1v) is 5.50. The summed E-state index contributed by atoms with van der Waals surface area (Å²) in [5.41, 5.74) is 0. The van der Waals surface area contributed by atoms with Gasteiger partial charge in [0.1, 0.15) is 6.10 Å². The van der Waals surface area contributed by atoms with Gasteiger partial charge >= 0.3 is 11.9 Å². The summed E-state index contributed by atoms with van der Waals surface area (Å²) in [6.45, 7) is 3.40. The first-order valence-electron chi connectivity index (χ1n) is 5.50. The number of carbonyl (C=O) groups is 2. The molecule has 4 nitrogen and oxygen atoms in total. The van der Waals surface area contributed by atoms with Crippen LogP contribution in [0.2, 0.25) is 0 Å². The molecule has 0 unspecified atom stereocenters. The smallest absolute Gasteiger partial charge is 0.342 e. The Kier molecular flexibility index (Phi) is 7.91. The van der Waals surface area contributed by atoms with Gasteiger partial charge < -0.3 is 9.84 Å². The van der Waals surface area contributed by atoms with E-state index in [9.17, 15) is 9.59 Å². The largest absolute Gasteiger partial charge is 0.391 e. The highest BCUT2D eigenvalue weighted by molar-refractivity contribution is 5.87. The van der Waals surface area contributed by atoms with Crippen LogP contribution in [0.3, 0.4) is 0 Å². The third-order valence-electron chi connectivity index (χ3n) is 2.04. The van der Waals surface area contributed by atoms with Crippen LogP contribution in [0, 0.1) is 0 Å². The highest BCUT2D eigenvalue weighted by Gasteiger charge is 2.14. The Balaban J connectivity index is 3.45. The summed E-state index contributed by atoms with van der Waals surface area (Å²) in [4.78, 5) is 21.8. The van der Waals surface area contributed by atoms with Crippen molar-refractivity contribution in [3.8, 4) is 0 Å². The molecule has 0 aromatic carbocycles. The Hall–Kier alpha value is -0.900. The summed E-state index contributed by atoms with van der Waals surface area (Å²) < 4.78 is 4.39. The molecule has 0 aliphatic heterocycles. The van der Waals surface area contributed by atoms with Crippen molar-refractivity contribution in [3.05, 3.63) is 0 Å². The number of esters is 2. The van der Waals surface area contributed by atoms with Crippen molar-refractivity contribution in [2.45, 2.75) is 58.5 Å². The zero-order valence-corrected chi connectivity index (χ0v) is 9.49. The van der Waals surface area contributed by atoms with Crippen LogP contribution in [0.4, 0.5) is 0 Å². The Morgan fingerprint density at radius 2 is 1.80 bits per heavy atom. The van der Waals surface area contributed by atoms with Gasteiger partial charge in [-0.15, -0.1) is 0 Å². The number of hydrogen-bond donors (Lipinski definition) is 1. The van der Waals surface area contributed by atoms with Crippen LogP contribution in [-0.2, 0) is 14.3 Å². The van der Waals surface area contributed by atoms with E-state index in [1.165, 1.54) is 13.3 Å². The molecule has 15 heavy (non-hydrogen) atoms. The fourth-order valence-electron chi connectivity index (χ4n) is 1.12. The summed E-state index contributed by atoms with van der Waals surface area (Å²) in [6, 6.07) is 0. The zero-order chi connectivity index (χ0) is 11.7. The van der Waals surface area contributed by atoms with Gasteiger partial charge in [0.15, 0.2) is 0 Å². The topological polar surface area (TPSA) is 63.6 Å². The van der Waals surface area contributed by atoms with Crippen molar-refractivity contribution in [1.29, 1.82) is 0 Å². The van der Waals surface area contributed by atoms with E-state index in [1.807, 2.05) is 0 Å². The number of hydrogen-bond acceptors (Lipinski definition) is 4. The number of aliphatic hydroxyl groups is 1. The fourth-order valence-corrected chi connectivity index (χ4v) is 1.12. The molecule has 0 saturated heterocycles. The van der Waals surface area contributed by atoms with Crippen LogP contribution >= 0.6 is 0 Å². The van der Waals surface area contributed by atoms with Crippen molar-refractivity contribution >= 4 is 11.9 Å². The average Bonchev–Trinajstić information content (AvgIpc) is 2.17. The Morgan fingerprint density at radius 1 is 1.20 bits per heavy atom. The summed E-state index contributed by atoms with van der Waals surface area (Å²) in [6.07, 6.45) is 4.18. The van der Waals surface area contributed by atoms with E-state index in [4.69, 9.17) is 5.11 Å². The molecule has 0 spiro atoms. The van der Waals surface area contributed by atoms with Gasteiger partial charge in [0.05, 0.1) is 0 Å². The Labute approximate surface area is 90.6 Å². The van der Waals surface area contributed by atoms with Gasteiger partial charge in [0.2, 0.25) is 0 Å². The molecule has 0 aromatic rings. The van der Waals surface area contributed by atoms with Crippen LogP contribution in [0.1, 0.15) is 52.4 Å². The predicted molar refractivity (Wildman–Crippen MR) is 56.2 cm³/mol. The standard InChI is InChI=1S/C11H20O4/c1-3-4-5-6-7-8-10(13)15-11(14)9(2)12/h9,12H,3-8H2,1-2H3/t9-/m0/s1. The molecule has 0 aromatic heterocycles. The van der Waals surface area contributed by atoms with Gasteiger partial charge in [0.25, 0.3) is 0 Å². The maximum atomic E-state index is 11.0. The normalized spacial score (nSPS) is 12.2. The van der Waals surface area contributed by atoms with Gasteiger partial charge in [-0.1, -0.05) is 32.6 Å². The van der Waals surface area contributed by atoms with Crippen LogP contribution in [0.25, 0.3) is 0 Å². The highest BCUT2D eigenvalue weighted by atomic mass is 16.6. The number of aliphatic hydroxyl groups excluding tert-OH is 1. The number of carbonyl (C=O) groups excluding carboxylic acids is 2. The predicted octanol–water partition coefficient (Wildman–Crippen LogP) is 1.80. The van der Waals surface area contributed by atoms with E-state index in [0.717, 1.165) is 25.7 Å². The minimum Gasteiger partial charge on any atom is -0.391 e. The second kappa shape index (κ2) is 8.41. The van der Waals surface area contributed by atoms with Gasteiger partial charge in [-0.25, -0.2) is 4.79 Å². The van der Waals surface area contributed by atoms with Crippen LogP contribution < -0.4 is 0 Å². The summed E-state index contributed by atoms with van der Waals surface area (Å²) in [5.74, 6) is -1.41. The van der Waals surface area contributed by atoms with E-state index in [-0.39, 0.29) is 6.42 Å². The molecule has 0 aliphatic rings. The molecule has 0 aliphatic carbocycles. The molecule has 1 atom stereocenters. The minimum atomic E-state index is -1.23. The lowest BCUT2D eigenvalue weighted by Gasteiger charge is -2.04. The monoisotopic (exact) mass is 216 g/mol. The van der Waals surface area contributed by atoms with E-state index < -0.39 is 18.0 Å². The van der Waals surface area contributed by atoms with E-state index in [2.05, 4.69) is 11.7 Å². The summed E-state index contributed by atoms with van der Waals surface area (Å²) >= 11 is 0. The molecule has 4 heteroatoms. The number of ether oxygens (including phenoxy) is 1. The summed E-state index contributed by atoms with van der Waals surface area (Å²) in [5, 5.41) is 8.78. The molecule has 1 N–H and O–H groups in total.